The third-order valence-corrected chi connectivity index (χ3v) is 5.48. The number of hydrogen-bond donors (Lipinski definition) is 0. The third-order valence-electron chi connectivity index (χ3n) is 3.59. The first-order chi connectivity index (χ1) is 9.23. The van der Waals surface area contributed by atoms with Crippen LogP contribution in [0.5, 0.6) is 0 Å². The molecule has 2 rings (SSSR count). The van der Waals surface area contributed by atoms with E-state index in [-0.39, 0.29) is 10.8 Å². The van der Waals surface area contributed by atoms with Crippen LogP contribution in [0.2, 0.25) is 0 Å². The van der Waals surface area contributed by atoms with E-state index in [2.05, 4.69) is 13.0 Å². The fourth-order valence-electron chi connectivity index (χ4n) is 2.33. The first-order valence-electron chi connectivity index (χ1n) is 6.86. The second-order valence-electron chi connectivity index (χ2n) is 6.17. The highest BCUT2D eigenvalue weighted by Gasteiger charge is 2.35. The van der Waals surface area contributed by atoms with Crippen LogP contribution in [0.1, 0.15) is 45.1 Å². The highest BCUT2D eigenvalue weighted by atomic mass is 32.2. The van der Waals surface area contributed by atoms with Gasteiger partial charge in [-0.3, -0.25) is 0 Å². The van der Waals surface area contributed by atoms with Gasteiger partial charge in [-0.25, -0.2) is 0 Å². The van der Waals surface area contributed by atoms with E-state index in [1.807, 2.05) is 57.2 Å². The Morgan fingerprint density at radius 3 is 2.40 bits per heavy atom. The fourth-order valence-corrected chi connectivity index (χ4v) is 3.58. The van der Waals surface area contributed by atoms with Gasteiger partial charge >= 0.3 is 0 Å². The summed E-state index contributed by atoms with van der Waals surface area (Å²) >= 11 is -1.07. The Bertz CT molecular complexity index is 600. The van der Waals surface area contributed by atoms with Crippen LogP contribution in [0.25, 0.3) is 11.0 Å². The van der Waals surface area contributed by atoms with Gasteiger partial charge in [0, 0.05) is 29.4 Å². The quantitative estimate of drug-likeness (QED) is 0.796. The molecule has 1 aromatic carbocycles. The van der Waals surface area contributed by atoms with Crippen molar-refractivity contribution in [1.82, 2.24) is 4.31 Å². The Labute approximate surface area is 124 Å². The van der Waals surface area contributed by atoms with Crippen molar-refractivity contribution in [3.05, 3.63) is 35.6 Å². The zero-order valence-electron chi connectivity index (χ0n) is 13.1. The lowest BCUT2D eigenvalue weighted by molar-refractivity contribution is 0.337. The minimum Gasteiger partial charge on any atom is -0.597 e. The number of aryl methyl sites for hydroxylation is 1. The molecule has 0 saturated heterocycles. The molecule has 0 saturated carbocycles. The molecule has 1 heterocycles. The number of nitrogens with zero attached hydrogens (tertiary/aromatic N) is 1. The summed E-state index contributed by atoms with van der Waals surface area (Å²) in [6, 6.07) is 7.99. The second-order valence-corrected chi connectivity index (χ2v) is 8.47. The largest absolute Gasteiger partial charge is 0.597 e. The maximum atomic E-state index is 12.5. The molecule has 0 spiro atoms. The van der Waals surface area contributed by atoms with Gasteiger partial charge in [-0.05, 0) is 40.7 Å². The smallest absolute Gasteiger partial charge is 0.137 e. The van der Waals surface area contributed by atoms with E-state index >= 15 is 0 Å². The number of benzene rings is 1. The molecule has 20 heavy (non-hydrogen) atoms. The average molecular weight is 293 g/mol. The zero-order valence-corrected chi connectivity index (χ0v) is 13.9. The van der Waals surface area contributed by atoms with E-state index in [9.17, 15) is 4.55 Å². The Kier molecular flexibility index (Phi) is 4.19. The molecule has 0 fully saturated rings. The highest BCUT2D eigenvalue weighted by Crippen LogP contribution is 2.34. The SMILES string of the molecule is Cc1c([C@@H](C)N(C)[S+]([O-])C(C)(C)C)oc2ccccc12. The first kappa shape index (κ1) is 15.4. The van der Waals surface area contributed by atoms with Gasteiger partial charge in [0.1, 0.15) is 22.1 Å². The summed E-state index contributed by atoms with van der Waals surface area (Å²) in [4.78, 5) is 0. The number of rotatable bonds is 3. The van der Waals surface area contributed by atoms with E-state index in [1.165, 1.54) is 0 Å². The van der Waals surface area contributed by atoms with Crippen LogP contribution in [0, 0.1) is 6.92 Å². The lowest BCUT2D eigenvalue weighted by Crippen LogP contribution is -2.41. The van der Waals surface area contributed by atoms with E-state index in [1.54, 1.807) is 0 Å². The molecular weight excluding hydrogens is 270 g/mol. The summed E-state index contributed by atoms with van der Waals surface area (Å²) in [5.41, 5.74) is 2.02. The highest BCUT2D eigenvalue weighted by molar-refractivity contribution is 7.90. The number of hydrogen-bond acceptors (Lipinski definition) is 3. The van der Waals surface area contributed by atoms with Crippen molar-refractivity contribution in [1.29, 1.82) is 0 Å². The minimum absolute atomic E-state index is 0.0255. The van der Waals surface area contributed by atoms with Crippen LogP contribution >= 0.6 is 0 Å². The summed E-state index contributed by atoms with van der Waals surface area (Å²) in [5, 5.41) is 1.13. The third kappa shape index (κ3) is 2.73. The van der Waals surface area contributed by atoms with Gasteiger partial charge in [0.15, 0.2) is 0 Å². The summed E-state index contributed by atoms with van der Waals surface area (Å²) in [6.07, 6.45) is 0. The minimum atomic E-state index is -1.07. The number of fused-ring (bicyclic) bond motifs is 1. The van der Waals surface area contributed by atoms with Gasteiger partial charge in [0.25, 0.3) is 0 Å². The van der Waals surface area contributed by atoms with Crippen LogP contribution in [0.3, 0.4) is 0 Å². The predicted octanol–water partition coefficient (Wildman–Crippen LogP) is 4.20. The fraction of sp³-hybridized carbons (Fsp3) is 0.500. The standard InChI is InChI=1S/C16H23NO2S/c1-11-13-9-7-8-10-14(13)19-15(11)12(2)17(6)20(18)16(3,4)5/h7-10,12H,1-6H3/t12-,20?/m1/s1. The maximum absolute atomic E-state index is 12.5. The summed E-state index contributed by atoms with van der Waals surface area (Å²) in [5.74, 6) is 0.895. The van der Waals surface area contributed by atoms with Crippen molar-refractivity contribution in [3.63, 3.8) is 0 Å². The lowest BCUT2D eigenvalue weighted by Gasteiger charge is -2.33. The molecule has 0 aliphatic rings. The Morgan fingerprint density at radius 1 is 1.25 bits per heavy atom. The van der Waals surface area contributed by atoms with Gasteiger partial charge in [0.2, 0.25) is 0 Å². The molecular formula is C16H23NO2S. The molecule has 2 atom stereocenters. The molecule has 2 aromatic rings. The zero-order chi connectivity index (χ0) is 15.1. The van der Waals surface area contributed by atoms with E-state index in [0.29, 0.717) is 0 Å². The number of para-hydroxylation sites is 1. The predicted molar refractivity (Wildman–Crippen MR) is 85.0 cm³/mol. The van der Waals surface area contributed by atoms with Gasteiger partial charge < -0.3 is 8.97 Å². The summed E-state index contributed by atoms with van der Waals surface area (Å²) in [6.45, 7) is 10.0. The van der Waals surface area contributed by atoms with Gasteiger partial charge in [-0.15, -0.1) is 4.31 Å². The molecule has 0 aliphatic carbocycles. The Morgan fingerprint density at radius 2 is 1.85 bits per heavy atom. The first-order valence-corrected chi connectivity index (χ1v) is 7.97. The molecule has 0 bridgehead atoms. The van der Waals surface area contributed by atoms with Crippen molar-refractivity contribution in [2.24, 2.45) is 0 Å². The van der Waals surface area contributed by atoms with E-state index in [4.69, 9.17) is 4.42 Å². The van der Waals surface area contributed by atoms with Crippen LogP contribution in [0.15, 0.2) is 28.7 Å². The summed E-state index contributed by atoms with van der Waals surface area (Å²) < 4.78 is 20.1. The van der Waals surface area contributed by atoms with Crippen molar-refractivity contribution < 1.29 is 8.97 Å². The molecule has 3 nitrogen and oxygen atoms in total. The molecule has 0 radical (unpaired) electrons. The Hall–Kier alpha value is -0.970. The van der Waals surface area contributed by atoms with Gasteiger partial charge in [0.05, 0.1) is 0 Å². The average Bonchev–Trinajstić information content (AvgIpc) is 2.73. The molecule has 1 aromatic heterocycles. The van der Waals surface area contributed by atoms with E-state index < -0.39 is 11.4 Å². The lowest BCUT2D eigenvalue weighted by atomic mass is 10.1. The van der Waals surface area contributed by atoms with Crippen molar-refractivity contribution in [2.45, 2.75) is 45.4 Å². The van der Waals surface area contributed by atoms with Gasteiger partial charge in [-0.2, -0.15) is 0 Å². The van der Waals surface area contributed by atoms with Crippen LogP contribution in [0.4, 0.5) is 0 Å². The summed E-state index contributed by atoms with van der Waals surface area (Å²) in [7, 11) is 1.89. The van der Waals surface area contributed by atoms with Crippen LogP contribution in [-0.4, -0.2) is 20.7 Å². The van der Waals surface area contributed by atoms with E-state index in [0.717, 1.165) is 22.3 Å². The maximum Gasteiger partial charge on any atom is 0.137 e. The normalized spacial score (nSPS) is 15.8. The topological polar surface area (TPSA) is 39.4 Å². The molecule has 4 heteroatoms. The monoisotopic (exact) mass is 293 g/mol. The molecule has 1 unspecified atom stereocenters. The number of furan rings is 1. The van der Waals surface area contributed by atoms with Crippen molar-refractivity contribution >= 4 is 22.3 Å². The molecule has 0 amide bonds. The second kappa shape index (κ2) is 5.43. The van der Waals surface area contributed by atoms with Crippen molar-refractivity contribution in [3.8, 4) is 0 Å². The van der Waals surface area contributed by atoms with Crippen LogP contribution < -0.4 is 0 Å². The van der Waals surface area contributed by atoms with Gasteiger partial charge in [-0.1, -0.05) is 18.2 Å². The molecule has 0 N–H and O–H groups in total. The molecule has 0 aliphatic heterocycles. The van der Waals surface area contributed by atoms with Crippen LogP contribution in [-0.2, 0) is 11.4 Å². The Balaban J connectivity index is 2.36. The van der Waals surface area contributed by atoms with Crippen molar-refractivity contribution in [2.75, 3.05) is 7.05 Å². The molecule has 110 valence electrons.